The molecule has 2 aromatic heterocycles. The Bertz CT molecular complexity index is 1250. The summed E-state index contributed by atoms with van der Waals surface area (Å²) in [4.78, 5) is 15.8. The first-order valence-electron chi connectivity index (χ1n) is 13.1. The van der Waals surface area contributed by atoms with Gasteiger partial charge in [0, 0.05) is 42.4 Å². The third-order valence-electron chi connectivity index (χ3n) is 7.43. The second-order valence-electron chi connectivity index (χ2n) is 10.6. The highest BCUT2D eigenvalue weighted by atomic mass is 19.1. The van der Waals surface area contributed by atoms with E-state index in [4.69, 9.17) is 14.5 Å². The van der Waals surface area contributed by atoms with Gasteiger partial charge in [-0.15, -0.1) is 0 Å². The number of halogens is 1. The fraction of sp³-hybridized carbons (Fsp3) is 0.536. The van der Waals surface area contributed by atoms with Crippen LogP contribution in [0.25, 0.3) is 22.2 Å². The first-order chi connectivity index (χ1) is 17.8. The summed E-state index contributed by atoms with van der Waals surface area (Å²) < 4.78 is 26.0. The maximum Gasteiger partial charge on any atom is 0.223 e. The highest BCUT2D eigenvalue weighted by molar-refractivity contribution is 5.88. The zero-order chi connectivity index (χ0) is 26.1. The molecule has 3 aromatic rings. The molecule has 2 aliphatic rings. The Morgan fingerprint density at radius 2 is 1.89 bits per heavy atom. The minimum Gasteiger partial charge on any atom is -0.389 e. The van der Waals surface area contributed by atoms with Gasteiger partial charge in [-0.25, -0.2) is 14.4 Å². The molecule has 4 heterocycles. The van der Waals surface area contributed by atoms with Gasteiger partial charge in [-0.2, -0.15) is 0 Å². The molecule has 2 aliphatic heterocycles. The lowest BCUT2D eigenvalue weighted by atomic mass is 9.92. The van der Waals surface area contributed by atoms with Crippen LogP contribution in [0, 0.1) is 5.82 Å². The number of aromatic nitrogens is 3. The molecule has 0 saturated carbocycles. The number of morpholine rings is 1. The second kappa shape index (κ2) is 10.9. The molecule has 2 saturated heterocycles. The van der Waals surface area contributed by atoms with Crippen molar-refractivity contribution in [3.05, 3.63) is 47.5 Å². The van der Waals surface area contributed by atoms with Crippen molar-refractivity contribution in [2.24, 2.45) is 0 Å². The minimum atomic E-state index is -0.665. The monoisotopic (exact) mass is 509 g/mol. The van der Waals surface area contributed by atoms with Gasteiger partial charge in [0.25, 0.3) is 0 Å². The number of aliphatic hydroxyl groups is 1. The number of fused-ring (bicyclic) bond motifs is 1. The Hall–Kier alpha value is -2.72. The molecule has 2 fully saturated rings. The van der Waals surface area contributed by atoms with Crippen molar-refractivity contribution in [1.82, 2.24) is 19.9 Å². The number of benzene rings is 1. The molecular formula is C28H36FN5O3. The Labute approximate surface area is 217 Å². The topological polar surface area (TPSA) is 92.6 Å². The summed E-state index contributed by atoms with van der Waals surface area (Å²) in [6.07, 6.45) is 3.12. The first kappa shape index (κ1) is 25.9. The summed E-state index contributed by atoms with van der Waals surface area (Å²) in [6.45, 7) is 11.8. The number of nitrogens with zero attached hydrogens (tertiary/aromatic N) is 4. The van der Waals surface area contributed by atoms with Crippen LogP contribution in [0.15, 0.2) is 30.6 Å². The first-order valence-corrected chi connectivity index (χ1v) is 13.1. The van der Waals surface area contributed by atoms with Gasteiger partial charge in [0.15, 0.2) is 5.82 Å². The maximum absolute atomic E-state index is 15.0. The van der Waals surface area contributed by atoms with Gasteiger partial charge in [0.05, 0.1) is 43.7 Å². The molecule has 0 unspecified atom stereocenters. The number of pyridine rings is 1. The van der Waals surface area contributed by atoms with E-state index >= 15 is 0 Å². The average Bonchev–Trinajstić information content (AvgIpc) is 2.88. The van der Waals surface area contributed by atoms with E-state index in [1.807, 2.05) is 24.4 Å². The number of aliphatic hydroxyl groups excluding tert-OH is 1. The van der Waals surface area contributed by atoms with Crippen molar-refractivity contribution < 1.29 is 19.0 Å². The van der Waals surface area contributed by atoms with E-state index in [9.17, 15) is 9.50 Å². The Morgan fingerprint density at radius 3 is 2.62 bits per heavy atom. The molecule has 0 radical (unpaired) electrons. The van der Waals surface area contributed by atoms with Gasteiger partial charge in [0.2, 0.25) is 5.95 Å². The number of rotatable bonds is 6. The number of hydrogen-bond acceptors (Lipinski definition) is 8. The highest BCUT2D eigenvalue weighted by Crippen LogP contribution is 2.33. The fourth-order valence-corrected chi connectivity index (χ4v) is 5.45. The van der Waals surface area contributed by atoms with Crippen molar-refractivity contribution in [3.8, 4) is 11.3 Å². The molecule has 8 nitrogen and oxygen atoms in total. The van der Waals surface area contributed by atoms with Gasteiger partial charge in [-0.3, -0.25) is 9.88 Å². The van der Waals surface area contributed by atoms with E-state index in [1.165, 1.54) is 17.3 Å². The molecule has 0 bridgehead atoms. The van der Waals surface area contributed by atoms with E-state index < -0.39 is 11.9 Å². The van der Waals surface area contributed by atoms with Crippen LogP contribution in [0.5, 0.6) is 0 Å². The smallest absolute Gasteiger partial charge is 0.223 e. The van der Waals surface area contributed by atoms with Gasteiger partial charge >= 0.3 is 0 Å². The van der Waals surface area contributed by atoms with E-state index in [-0.39, 0.29) is 30.2 Å². The van der Waals surface area contributed by atoms with Crippen molar-refractivity contribution >= 4 is 16.9 Å². The average molecular weight is 510 g/mol. The van der Waals surface area contributed by atoms with Crippen LogP contribution < -0.4 is 5.32 Å². The Balaban J connectivity index is 1.51. The lowest BCUT2D eigenvalue weighted by molar-refractivity contribution is -0.0411. The minimum absolute atomic E-state index is 0.219. The lowest BCUT2D eigenvalue weighted by Gasteiger charge is -2.39. The van der Waals surface area contributed by atoms with Gasteiger partial charge < -0.3 is 19.9 Å². The Kier molecular flexibility index (Phi) is 7.67. The van der Waals surface area contributed by atoms with Crippen molar-refractivity contribution in [3.63, 3.8) is 0 Å². The molecule has 0 amide bonds. The largest absolute Gasteiger partial charge is 0.389 e. The summed E-state index contributed by atoms with van der Waals surface area (Å²) in [7, 11) is 0. The predicted octanol–water partition coefficient (Wildman–Crippen LogP) is 4.13. The number of ether oxygens (including phenoxy) is 2. The fourth-order valence-electron chi connectivity index (χ4n) is 5.45. The van der Waals surface area contributed by atoms with Crippen LogP contribution >= 0.6 is 0 Å². The van der Waals surface area contributed by atoms with Crippen LogP contribution in [0.1, 0.15) is 51.2 Å². The molecule has 2 N–H and O–H groups in total. The van der Waals surface area contributed by atoms with E-state index in [1.54, 1.807) is 0 Å². The number of hydrogen-bond donors (Lipinski definition) is 2. The summed E-state index contributed by atoms with van der Waals surface area (Å²) >= 11 is 0. The van der Waals surface area contributed by atoms with E-state index in [0.717, 1.165) is 30.7 Å². The molecule has 0 aliphatic carbocycles. The molecule has 0 spiro atoms. The van der Waals surface area contributed by atoms with Crippen molar-refractivity contribution in [1.29, 1.82) is 0 Å². The van der Waals surface area contributed by atoms with E-state index in [2.05, 4.69) is 47.9 Å². The summed E-state index contributed by atoms with van der Waals surface area (Å²) in [6, 6.07) is 6.17. The van der Waals surface area contributed by atoms with Crippen molar-refractivity contribution in [2.45, 2.75) is 70.8 Å². The van der Waals surface area contributed by atoms with Crippen LogP contribution in [0.3, 0.4) is 0 Å². The normalized spacial score (nSPS) is 25.1. The standard InChI is InChI=1S/C28H36FN5O3/c1-16(2)26-20(12-34-17(3)13-37-14-18(34)4)10-30-23-6-5-19(9-21(23)26)27-22(29)11-31-28(33-27)32-24-7-8-36-15-25(24)35/h5-6,9-11,16-18,24-25,35H,7-8,12-15H2,1-4H3,(H,31,32,33)/t17-,18-,24-,25-/m1/s1. The zero-order valence-electron chi connectivity index (χ0n) is 21.9. The summed E-state index contributed by atoms with van der Waals surface area (Å²) in [5.41, 5.74) is 4.15. The molecule has 198 valence electrons. The number of nitrogens with one attached hydrogen (secondary N) is 1. The zero-order valence-corrected chi connectivity index (χ0v) is 21.9. The quantitative estimate of drug-likeness (QED) is 0.513. The van der Waals surface area contributed by atoms with Gasteiger partial charge in [0.1, 0.15) is 5.69 Å². The van der Waals surface area contributed by atoms with Crippen molar-refractivity contribution in [2.75, 3.05) is 31.7 Å². The molecule has 37 heavy (non-hydrogen) atoms. The maximum atomic E-state index is 15.0. The third-order valence-corrected chi connectivity index (χ3v) is 7.43. The molecule has 4 atom stereocenters. The highest BCUT2D eigenvalue weighted by Gasteiger charge is 2.27. The third kappa shape index (κ3) is 5.45. The van der Waals surface area contributed by atoms with Crippen LogP contribution in [-0.4, -0.2) is 75.6 Å². The van der Waals surface area contributed by atoms with Crippen LogP contribution in [-0.2, 0) is 16.0 Å². The van der Waals surface area contributed by atoms with Crippen LogP contribution in [0.4, 0.5) is 10.3 Å². The molecular weight excluding hydrogens is 473 g/mol. The number of anilines is 1. The SMILES string of the molecule is CC(C)c1c(CN2[C@H](C)COC[C@H]2C)cnc2ccc(-c3nc(N[C@@H]4CCOC[C@H]4O)ncc3F)cc12. The second-order valence-corrected chi connectivity index (χ2v) is 10.6. The lowest BCUT2D eigenvalue weighted by Crippen LogP contribution is -2.49. The molecule has 5 rings (SSSR count). The molecule has 1 aromatic carbocycles. The van der Waals surface area contributed by atoms with E-state index in [0.29, 0.717) is 30.7 Å². The van der Waals surface area contributed by atoms with Gasteiger partial charge in [-0.05, 0) is 49.4 Å². The molecule has 9 heteroatoms. The Morgan fingerprint density at radius 1 is 1.11 bits per heavy atom. The summed E-state index contributed by atoms with van der Waals surface area (Å²) in [5.74, 6) is 0.0437. The predicted molar refractivity (Wildman–Crippen MR) is 141 cm³/mol. The van der Waals surface area contributed by atoms with Gasteiger partial charge in [-0.1, -0.05) is 19.9 Å². The van der Waals surface area contributed by atoms with Crippen LogP contribution in [0.2, 0.25) is 0 Å². The summed E-state index contributed by atoms with van der Waals surface area (Å²) in [5, 5.41) is 14.4.